The summed E-state index contributed by atoms with van der Waals surface area (Å²) < 4.78 is 25.0. The maximum Gasteiger partial charge on any atom is 0.328 e. The fraction of sp³-hybridized carbons (Fsp3) is 0.458. The molecule has 1 saturated heterocycles. The number of rotatable bonds is 6. The largest absolute Gasteiger partial charge is 0.350 e. The van der Waals surface area contributed by atoms with E-state index in [1.165, 1.54) is 19.1 Å². The molecule has 11 nitrogen and oxygen atoms in total. The highest BCUT2D eigenvalue weighted by Gasteiger charge is 2.37. The Morgan fingerprint density at radius 2 is 2.03 bits per heavy atom. The summed E-state index contributed by atoms with van der Waals surface area (Å²) in [5, 5.41) is 10.1. The molecule has 1 N–H and O–H groups in total. The highest BCUT2D eigenvalue weighted by Crippen LogP contribution is 2.38. The zero-order valence-corrected chi connectivity index (χ0v) is 21.4. The molecule has 2 aromatic rings. The molecule has 14 heteroatoms. The van der Waals surface area contributed by atoms with Crippen molar-refractivity contribution in [2.24, 2.45) is 0 Å². The molecule has 0 unspecified atom stereocenters. The Hall–Kier alpha value is -3.53. The van der Waals surface area contributed by atoms with E-state index in [-0.39, 0.29) is 42.6 Å². The van der Waals surface area contributed by atoms with Crippen molar-refractivity contribution in [3.05, 3.63) is 46.5 Å². The molecule has 194 valence electrons. The van der Waals surface area contributed by atoms with Crippen LogP contribution in [0.3, 0.4) is 0 Å². The Balaban J connectivity index is 1.72. The number of nitrogens with zero attached hydrogens (tertiary/aromatic N) is 6. The standard InChI is InChI=1S/C24H26B2FN7O4/c1-32-6-7-33(19(35)13-32)12-14-8-16-21(31-20(14)22(37-2)38-3)34(5-4-24(16,25)26)23(36)30-18-9-17(27)15(10-28)11-29-18/h8-9,11,22H,4-7,12-13H2,1-3H3,(H,29,30,36). The van der Waals surface area contributed by atoms with Crippen LogP contribution in [0, 0.1) is 17.1 Å². The van der Waals surface area contributed by atoms with Crippen LogP contribution in [-0.4, -0.2) is 94.8 Å². The van der Waals surface area contributed by atoms with Gasteiger partial charge in [-0.05, 0) is 30.7 Å². The van der Waals surface area contributed by atoms with Crippen LogP contribution in [0.2, 0.25) is 0 Å². The van der Waals surface area contributed by atoms with Crippen LogP contribution >= 0.6 is 0 Å². The van der Waals surface area contributed by atoms with Crippen LogP contribution in [0.15, 0.2) is 18.3 Å². The van der Waals surface area contributed by atoms with Gasteiger partial charge >= 0.3 is 6.03 Å². The number of halogens is 1. The Kier molecular flexibility index (Phi) is 8.01. The molecule has 0 aliphatic carbocycles. The van der Waals surface area contributed by atoms with Crippen molar-refractivity contribution in [2.45, 2.75) is 24.5 Å². The normalized spacial score (nSPS) is 17.3. The van der Waals surface area contributed by atoms with Crippen LogP contribution in [0.4, 0.5) is 20.8 Å². The fourth-order valence-electron chi connectivity index (χ4n) is 4.45. The quantitative estimate of drug-likeness (QED) is 0.445. The minimum absolute atomic E-state index is 0.0382. The number of nitriles is 1. The van der Waals surface area contributed by atoms with Gasteiger partial charge in [0.25, 0.3) is 0 Å². The van der Waals surface area contributed by atoms with E-state index in [2.05, 4.69) is 10.3 Å². The second kappa shape index (κ2) is 11.1. The number of anilines is 2. The van der Waals surface area contributed by atoms with Crippen molar-refractivity contribution in [2.75, 3.05) is 57.7 Å². The van der Waals surface area contributed by atoms with E-state index in [1.807, 2.05) is 11.9 Å². The number of urea groups is 1. The number of amides is 3. The van der Waals surface area contributed by atoms with Crippen LogP contribution in [0.5, 0.6) is 0 Å². The number of likely N-dealkylation sites (N-methyl/N-ethyl adjacent to an activating group) is 1. The van der Waals surface area contributed by atoms with Gasteiger partial charge in [-0.1, -0.05) is 5.21 Å². The van der Waals surface area contributed by atoms with Crippen LogP contribution < -0.4 is 10.2 Å². The number of carbonyl (C=O) groups excluding carboxylic acids is 2. The van der Waals surface area contributed by atoms with Gasteiger partial charge in [-0.3, -0.25) is 19.9 Å². The lowest BCUT2D eigenvalue weighted by Gasteiger charge is -2.40. The number of nitrogens with one attached hydrogen (secondary N) is 1. The molecule has 2 aliphatic heterocycles. The molecule has 4 rings (SSSR count). The minimum Gasteiger partial charge on any atom is -0.350 e. The summed E-state index contributed by atoms with van der Waals surface area (Å²) in [5.74, 6) is -0.757. The van der Waals surface area contributed by atoms with E-state index in [9.17, 15) is 14.0 Å². The molecule has 4 radical (unpaired) electrons. The second-order valence-electron chi connectivity index (χ2n) is 9.29. The predicted molar refractivity (Wildman–Crippen MR) is 137 cm³/mol. The van der Waals surface area contributed by atoms with E-state index in [0.29, 0.717) is 36.5 Å². The number of piperazine rings is 1. The van der Waals surface area contributed by atoms with Gasteiger partial charge in [-0.15, -0.1) is 0 Å². The van der Waals surface area contributed by atoms with Gasteiger partial charge in [0.05, 0.1) is 28.4 Å². The van der Waals surface area contributed by atoms with Crippen molar-refractivity contribution in [1.82, 2.24) is 19.8 Å². The molecule has 1 fully saturated rings. The number of methoxy groups -OCH3 is 2. The first-order valence-corrected chi connectivity index (χ1v) is 11.9. The van der Waals surface area contributed by atoms with Gasteiger partial charge in [0.2, 0.25) is 12.2 Å². The topological polar surface area (TPSA) is 124 Å². The molecule has 38 heavy (non-hydrogen) atoms. The number of aromatic nitrogens is 2. The Morgan fingerprint density at radius 1 is 1.29 bits per heavy atom. The number of hydrogen-bond acceptors (Lipinski definition) is 8. The van der Waals surface area contributed by atoms with Gasteiger partial charge in [0.1, 0.15) is 34.8 Å². The van der Waals surface area contributed by atoms with E-state index in [0.717, 1.165) is 12.3 Å². The molecule has 0 aromatic carbocycles. The smallest absolute Gasteiger partial charge is 0.328 e. The lowest BCUT2D eigenvalue weighted by molar-refractivity contribution is -0.136. The van der Waals surface area contributed by atoms with Crippen molar-refractivity contribution < 1.29 is 23.5 Å². The molecule has 4 heterocycles. The van der Waals surface area contributed by atoms with Gasteiger partial charge in [0.15, 0.2) is 0 Å². The summed E-state index contributed by atoms with van der Waals surface area (Å²) in [6.07, 6.45) is 0.335. The van der Waals surface area contributed by atoms with Crippen LogP contribution in [-0.2, 0) is 26.0 Å². The molecular weight excluding hydrogens is 491 g/mol. The first-order chi connectivity index (χ1) is 18.1. The average Bonchev–Trinajstić information content (AvgIpc) is 2.87. The second-order valence-corrected chi connectivity index (χ2v) is 9.29. The summed E-state index contributed by atoms with van der Waals surface area (Å²) in [4.78, 5) is 39.5. The first-order valence-electron chi connectivity index (χ1n) is 11.9. The average molecular weight is 517 g/mol. The third-order valence-electron chi connectivity index (χ3n) is 6.60. The van der Waals surface area contributed by atoms with Gasteiger partial charge < -0.3 is 14.4 Å². The highest BCUT2D eigenvalue weighted by atomic mass is 19.1. The molecule has 0 saturated carbocycles. The first kappa shape index (κ1) is 27.5. The summed E-state index contributed by atoms with van der Waals surface area (Å²) in [5.41, 5.74) is 1.13. The SMILES string of the molecule is [B]C1([B])CCN(C(=O)Nc2cc(F)c(C#N)cn2)c2nc(C(OC)OC)c(CN3CCN(C)CC3=O)cc21. The van der Waals surface area contributed by atoms with Gasteiger partial charge in [-0.25, -0.2) is 19.2 Å². The minimum atomic E-state index is -1.31. The van der Waals surface area contributed by atoms with E-state index in [4.69, 9.17) is 35.4 Å². The van der Waals surface area contributed by atoms with Crippen molar-refractivity contribution in [1.29, 1.82) is 5.26 Å². The van der Waals surface area contributed by atoms with Gasteiger partial charge in [-0.2, -0.15) is 5.26 Å². The van der Waals surface area contributed by atoms with E-state index >= 15 is 0 Å². The molecule has 2 aromatic heterocycles. The van der Waals surface area contributed by atoms with Crippen molar-refractivity contribution >= 4 is 39.3 Å². The third kappa shape index (κ3) is 5.50. The zero-order valence-electron chi connectivity index (χ0n) is 21.4. The number of hydrogen-bond donors (Lipinski definition) is 1. The monoisotopic (exact) mass is 517 g/mol. The Bertz CT molecular complexity index is 1290. The zero-order chi connectivity index (χ0) is 27.6. The lowest BCUT2D eigenvalue weighted by Crippen LogP contribution is -2.49. The summed E-state index contributed by atoms with van der Waals surface area (Å²) in [6.45, 7) is 1.87. The molecule has 3 amide bonds. The molecular formula is C24H26B2FN7O4. The number of pyridine rings is 2. The lowest BCUT2D eigenvalue weighted by atomic mass is 9.48. The van der Waals surface area contributed by atoms with E-state index < -0.39 is 23.4 Å². The van der Waals surface area contributed by atoms with Crippen molar-refractivity contribution in [3.63, 3.8) is 0 Å². The fourth-order valence-corrected chi connectivity index (χ4v) is 4.45. The number of carbonyl (C=O) groups is 2. The Labute approximate surface area is 222 Å². The molecule has 2 aliphatic rings. The van der Waals surface area contributed by atoms with Crippen molar-refractivity contribution in [3.8, 4) is 6.07 Å². The third-order valence-corrected chi connectivity index (χ3v) is 6.60. The van der Waals surface area contributed by atoms with Crippen LogP contribution in [0.25, 0.3) is 0 Å². The molecule has 0 atom stereocenters. The number of fused-ring (bicyclic) bond motifs is 1. The van der Waals surface area contributed by atoms with E-state index in [1.54, 1.807) is 17.0 Å². The number of ether oxygens (including phenoxy) is 2. The molecule has 0 spiro atoms. The Morgan fingerprint density at radius 3 is 2.66 bits per heavy atom. The predicted octanol–water partition coefficient (Wildman–Crippen LogP) is 0.985. The summed E-state index contributed by atoms with van der Waals surface area (Å²) in [6, 6.07) is 3.72. The van der Waals surface area contributed by atoms with Gasteiger partial charge in [0, 0.05) is 46.5 Å². The highest BCUT2D eigenvalue weighted by molar-refractivity contribution is 6.40. The summed E-state index contributed by atoms with van der Waals surface area (Å²) >= 11 is 0. The summed E-state index contributed by atoms with van der Waals surface area (Å²) in [7, 11) is 17.6. The maximum atomic E-state index is 14.1. The maximum absolute atomic E-state index is 14.1. The van der Waals surface area contributed by atoms with Crippen LogP contribution in [0.1, 0.15) is 35.1 Å². The molecule has 0 bridgehead atoms.